The van der Waals surface area contributed by atoms with Gasteiger partial charge in [-0.3, -0.25) is 0 Å². The van der Waals surface area contributed by atoms with Crippen LogP contribution in [0.5, 0.6) is 5.88 Å². The molecule has 0 unspecified atom stereocenters. The topological polar surface area (TPSA) is 38.0 Å². The van der Waals surface area contributed by atoms with Crippen molar-refractivity contribution in [3.05, 3.63) is 35.9 Å². The van der Waals surface area contributed by atoms with Gasteiger partial charge in [-0.1, -0.05) is 44.2 Å². The minimum atomic E-state index is 0.313. The minimum absolute atomic E-state index is 0.313. The first-order valence-corrected chi connectivity index (χ1v) is 6.12. The second-order valence-corrected chi connectivity index (χ2v) is 4.09. The molecule has 1 heterocycles. The number of aromatic hydroxyl groups is 1. The standard InChI is InChI=1S/C14H18N2O/c1-3-10-16-14(17)12(4-2)13(15-16)11-8-6-5-7-9-11/h5-9,17H,3-4,10H2,1-2H3. The Hall–Kier alpha value is -1.77. The van der Waals surface area contributed by atoms with Crippen LogP contribution in [0.3, 0.4) is 0 Å². The molecule has 1 aromatic heterocycles. The fraction of sp³-hybridized carbons (Fsp3) is 0.357. The maximum absolute atomic E-state index is 10.1. The van der Waals surface area contributed by atoms with Gasteiger partial charge in [0.2, 0.25) is 5.88 Å². The summed E-state index contributed by atoms with van der Waals surface area (Å²) in [7, 11) is 0. The third-order valence-electron chi connectivity index (χ3n) is 2.86. The van der Waals surface area contributed by atoms with Gasteiger partial charge in [0.15, 0.2) is 0 Å². The van der Waals surface area contributed by atoms with Crippen molar-refractivity contribution in [2.45, 2.75) is 33.2 Å². The van der Waals surface area contributed by atoms with E-state index in [0.29, 0.717) is 5.88 Å². The van der Waals surface area contributed by atoms with Gasteiger partial charge < -0.3 is 5.11 Å². The Morgan fingerprint density at radius 1 is 1.18 bits per heavy atom. The van der Waals surface area contributed by atoms with E-state index in [1.807, 2.05) is 37.3 Å². The first-order chi connectivity index (χ1) is 8.27. The van der Waals surface area contributed by atoms with Crippen LogP contribution in [0.4, 0.5) is 0 Å². The van der Waals surface area contributed by atoms with Crippen molar-refractivity contribution in [2.24, 2.45) is 0 Å². The van der Waals surface area contributed by atoms with Gasteiger partial charge in [-0.15, -0.1) is 0 Å². The van der Waals surface area contributed by atoms with Crippen molar-refractivity contribution in [1.82, 2.24) is 9.78 Å². The highest BCUT2D eigenvalue weighted by Gasteiger charge is 2.16. The third kappa shape index (κ3) is 2.18. The highest BCUT2D eigenvalue weighted by molar-refractivity contribution is 5.65. The molecule has 0 fully saturated rings. The molecule has 0 aliphatic rings. The SMILES string of the molecule is CCCn1nc(-c2ccccc2)c(CC)c1O. The van der Waals surface area contributed by atoms with Crippen LogP contribution in [0.2, 0.25) is 0 Å². The largest absolute Gasteiger partial charge is 0.493 e. The molecule has 0 amide bonds. The summed E-state index contributed by atoms with van der Waals surface area (Å²) >= 11 is 0. The fourth-order valence-electron chi connectivity index (χ4n) is 2.01. The van der Waals surface area contributed by atoms with E-state index < -0.39 is 0 Å². The molecule has 0 saturated carbocycles. The number of hydrogen-bond acceptors (Lipinski definition) is 2. The molecule has 1 N–H and O–H groups in total. The molecular formula is C14H18N2O. The van der Waals surface area contributed by atoms with Crippen molar-refractivity contribution in [3.8, 4) is 17.1 Å². The van der Waals surface area contributed by atoms with Gasteiger partial charge >= 0.3 is 0 Å². The predicted octanol–water partition coefficient (Wildman–Crippen LogP) is 3.23. The number of aryl methyl sites for hydroxylation is 1. The zero-order chi connectivity index (χ0) is 12.3. The van der Waals surface area contributed by atoms with Gasteiger partial charge in [0.05, 0.1) is 5.69 Å². The number of hydrogen-bond donors (Lipinski definition) is 1. The first-order valence-electron chi connectivity index (χ1n) is 6.12. The van der Waals surface area contributed by atoms with Crippen molar-refractivity contribution in [3.63, 3.8) is 0 Å². The lowest BCUT2D eigenvalue weighted by Crippen LogP contribution is -1.98. The summed E-state index contributed by atoms with van der Waals surface area (Å²) in [6, 6.07) is 10.0. The molecule has 3 heteroatoms. The maximum Gasteiger partial charge on any atom is 0.213 e. The van der Waals surface area contributed by atoms with Gasteiger partial charge in [0.1, 0.15) is 0 Å². The van der Waals surface area contributed by atoms with Crippen LogP contribution in [0.1, 0.15) is 25.8 Å². The molecule has 1 aromatic carbocycles. The summed E-state index contributed by atoms with van der Waals surface area (Å²) in [5, 5.41) is 14.6. The molecule has 0 atom stereocenters. The lowest BCUT2D eigenvalue weighted by Gasteiger charge is -1.99. The summed E-state index contributed by atoms with van der Waals surface area (Å²) in [5.74, 6) is 0.313. The van der Waals surface area contributed by atoms with E-state index in [4.69, 9.17) is 0 Å². The Labute approximate surface area is 102 Å². The third-order valence-corrected chi connectivity index (χ3v) is 2.86. The van der Waals surface area contributed by atoms with Crippen LogP contribution >= 0.6 is 0 Å². The second-order valence-electron chi connectivity index (χ2n) is 4.09. The summed E-state index contributed by atoms with van der Waals surface area (Å²) in [5.41, 5.74) is 2.90. The zero-order valence-electron chi connectivity index (χ0n) is 10.3. The summed E-state index contributed by atoms with van der Waals surface area (Å²) in [6.07, 6.45) is 1.76. The van der Waals surface area contributed by atoms with Crippen LogP contribution in [-0.2, 0) is 13.0 Å². The van der Waals surface area contributed by atoms with E-state index in [1.165, 1.54) is 0 Å². The average Bonchev–Trinajstić information content (AvgIpc) is 2.68. The summed E-state index contributed by atoms with van der Waals surface area (Å²) in [4.78, 5) is 0. The molecule has 0 saturated heterocycles. The van der Waals surface area contributed by atoms with Gasteiger partial charge in [-0.2, -0.15) is 5.10 Å². The normalized spacial score (nSPS) is 10.7. The number of aromatic nitrogens is 2. The average molecular weight is 230 g/mol. The predicted molar refractivity (Wildman–Crippen MR) is 69.0 cm³/mol. The van der Waals surface area contributed by atoms with E-state index in [9.17, 15) is 5.11 Å². The summed E-state index contributed by atoms with van der Waals surface area (Å²) < 4.78 is 1.70. The van der Waals surface area contributed by atoms with Gasteiger partial charge in [-0.05, 0) is 12.8 Å². The van der Waals surface area contributed by atoms with Gasteiger partial charge in [-0.25, -0.2) is 4.68 Å². The van der Waals surface area contributed by atoms with E-state index >= 15 is 0 Å². The van der Waals surface area contributed by atoms with Crippen LogP contribution in [-0.4, -0.2) is 14.9 Å². The molecule has 0 bridgehead atoms. The van der Waals surface area contributed by atoms with E-state index in [2.05, 4.69) is 12.0 Å². The molecule has 0 aliphatic heterocycles. The molecular weight excluding hydrogens is 212 g/mol. The monoisotopic (exact) mass is 230 g/mol. The Morgan fingerprint density at radius 3 is 2.47 bits per heavy atom. The molecule has 2 aromatic rings. The highest BCUT2D eigenvalue weighted by Crippen LogP contribution is 2.30. The highest BCUT2D eigenvalue weighted by atomic mass is 16.3. The smallest absolute Gasteiger partial charge is 0.213 e. The molecule has 3 nitrogen and oxygen atoms in total. The molecule has 90 valence electrons. The van der Waals surface area contributed by atoms with Crippen LogP contribution in [0, 0.1) is 0 Å². The van der Waals surface area contributed by atoms with Crippen molar-refractivity contribution < 1.29 is 5.11 Å². The van der Waals surface area contributed by atoms with E-state index in [1.54, 1.807) is 4.68 Å². The van der Waals surface area contributed by atoms with Crippen LogP contribution in [0.25, 0.3) is 11.3 Å². The lowest BCUT2D eigenvalue weighted by molar-refractivity contribution is 0.393. The van der Waals surface area contributed by atoms with E-state index in [0.717, 1.165) is 36.2 Å². The Kier molecular flexibility index (Phi) is 3.47. The molecule has 0 aliphatic carbocycles. The van der Waals surface area contributed by atoms with Gasteiger partial charge in [0, 0.05) is 17.7 Å². The Balaban J connectivity index is 2.50. The van der Waals surface area contributed by atoms with Crippen molar-refractivity contribution in [1.29, 1.82) is 0 Å². The zero-order valence-corrected chi connectivity index (χ0v) is 10.3. The number of benzene rings is 1. The Bertz CT molecular complexity index is 488. The lowest BCUT2D eigenvalue weighted by atomic mass is 10.1. The molecule has 0 radical (unpaired) electrons. The number of rotatable bonds is 4. The Morgan fingerprint density at radius 2 is 1.88 bits per heavy atom. The van der Waals surface area contributed by atoms with Crippen LogP contribution in [0.15, 0.2) is 30.3 Å². The molecule has 17 heavy (non-hydrogen) atoms. The van der Waals surface area contributed by atoms with Crippen molar-refractivity contribution in [2.75, 3.05) is 0 Å². The quantitative estimate of drug-likeness (QED) is 0.875. The second kappa shape index (κ2) is 5.04. The van der Waals surface area contributed by atoms with Crippen molar-refractivity contribution >= 4 is 0 Å². The summed E-state index contributed by atoms with van der Waals surface area (Å²) in [6.45, 7) is 4.88. The molecule has 2 rings (SSSR count). The number of nitrogens with zero attached hydrogens (tertiary/aromatic N) is 2. The minimum Gasteiger partial charge on any atom is -0.493 e. The maximum atomic E-state index is 10.1. The van der Waals surface area contributed by atoms with Gasteiger partial charge in [0.25, 0.3) is 0 Å². The fourth-order valence-corrected chi connectivity index (χ4v) is 2.01. The molecule has 0 spiro atoms. The van der Waals surface area contributed by atoms with Crippen LogP contribution < -0.4 is 0 Å². The first kappa shape index (κ1) is 11.7. The van der Waals surface area contributed by atoms with E-state index in [-0.39, 0.29) is 0 Å².